The molecule has 0 aliphatic carbocycles. The average Bonchev–Trinajstić information content (AvgIpc) is 3.22. The lowest BCUT2D eigenvalue weighted by molar-refractivity contribution is -0.131. The fourth-order valence-electron chi connectivity index (χ4n) is 3.14. The molecule has 1 aromatic heterocycles. The van der Waals surface area contributed by atoms with E-state index < -0.39 is 6.10 Å². The summed E-state index contributed by atoms with van der Waals surface area (Å²) in [5.41, 5.74) is 1.86. The lowest BCUT2D eigenvalue weighted by Crippen LogP contribution is -2.33. The molecule has 2 heterocycles. The Labute approximate surface area is 146 Å². The summed E-state index contributed by atoms with van der Waals surface area (Å²) in [7, 11) is 1.56. The second-order valence-electron chi connectivity index (χ2n) is 6.24. The average molecular weight is 342 g/mol. The monoisotopic (exact) mass is 342 g/mol. The number of hydrogen-bond acceptors (Lipinski definition) is 4. The first kappa shape index (κ1) is 17.2. The van der Waals surface area contributed by atoms with Crippen molar-refractivity contribution in [2.24, 2.45) is 5.92 Å². The molecule has 2 atom stereocenters. The van der Waals surface area contributed by atoms with Gasteiger partial charge in [-0.05, 0) is 11.6 Å². The summed E-state index contributed by atoms with van der Waals surface area (Å²) in [5, 5.41) is 16.9. The highest BCUT2D eigenvalue weighted by molar-refractivity contribution is 5.78. The zero-order valence-corrected chi connectivity index (χ0v) is 14.1. The van der Waals surface area contributed by atoms with E-state index in [0.29, 0.717) is 6.54 Å². The molecule has 2 amide bonds. The molecule has 7 heteroatoms. The van der Waals surface area contributed by atoms with Gasteiger partial charge in [-0.15, -0.1) is 0 Å². The highest BCUT2D eigenvalue weighted by Gasteiger charge is 2.35. The predicted molar refractivity (Wildman–Crippen MR) is 92.4 cm³/mol. The topological polar surface area (TPSA) is 87.5 Å². The number of β-amino-alcohol motifs (C(OH)–C–C–N with tert-alkyl or cyclic N) is 1. The van der Waals surface area contributed by atoms with Crippen LogP contribution in [0.15, 0.2) is 42.6 Å². The van der Waals surface area contributed by atoms with E-state index in [2.05, 4.69) is 10.4 Å². The molecule has 1 fully saturated rings. The van der Waals surface area contributed by atoms with E-state index in [9.17, 15) is 14.7 Å². The second-order valence-corrected chi connectivity index (χ2v) is 6.24. The van der Waals surface area contributed by atoms with Crippen LogP contribution in [0.25, 0.3) is 11.3 Å². The Balaban J connectivity index is 1.66. The maximum Gasteiger partial charge on any atom is 0.244 e. The Bertz CT molecular complexity index is 744. The molecule has 2 N–H and O–H groups in total. The number of rotatable bonds is 5. The van der Waals surface area contributed by atoms with Crippen LogP contribution in [0.1, 0.15) is 6.42 Å². The number of aromatic nitrogens is 2. The summed E-state index contributed by atoms with van der Waals surface area (Å²) in [5.74, 6) is -0.466. The van der Waals surface area contributed by atoms with Gasteiger partial charge in [0.05, 0.1) is 11.8 Å². The van der Waals surface area contributed by atoms with E-state index >= 15 is 0 Å². The van der Waals surface area contributed by atoms with E-state index in [0.717, 1.165) is 11.3 Å². The molecular formula is C18H22N4O3. The van der Waals surface area contributed by atoms with Crippen molar-refractivity contribution < 1.29 is 14.7 Å². The number of benzene rings is 1. The van der Waals surface area contributed by atoms with Crippen LogP contribution in [-0.4, -0.2) is 57.8 Å². The van der Waals surface area contributed by atoms with Gasteiger partial charge in [0.25, 0.3) is 0 Å². The first-order valence-electron chi connectivity index (χ1n) is 8.32. The Kier molecular flexibility index (Phi) is 5.14. The van der Waals surface area contributed by atoms with Crippen LogP contribution < -0.4 is 5.32 Å². The summed E-state index contributed by atoms with van der Waals surface area (Å²) >= 11 is 0. The summed E-state index contributed by atoms with van der Waals surface area (Å²) in [6.45, 7) is 0.744. The van der Waals surface area contributed by atoms with E-state index in [1.807, 2.05) is 36.4 Å². The minimum atomic E-state index is -0.674. The van der Waals surface area contributed by atoms with Crippen LogP contribution in [0.2, 0.25) is 0 Å². The largest absolute Gasteiger partial charge is 0.391 e. The fraction of sp³-hybridized carbons (Fsp3) is 0.389. The van der Waals surface area contributed by atoms with E-state index in [4.69, 9.17) is 0 Å². The summed E-state index contributed by atoms with van der Waals surface area (Å²) < 4.78 is 1.66. The third-order valence-electron chi connectivity index (χ3n) is 4.56. The first-order valence-corrected chi connectivity index (χ1v) is 8.32. The molecule has 0 saturated carbocycles. The lowest BCUT2D eigenvalue weighted by atomic mass is 10.0. The van der Waals surface area contributed by atoms with Gasteiger partial charge in [0.1, 0.15) is 6.54 Å². The van der Waals surface area contributed by atoms with Crippen molar-refractivity contribution in [2.75, 3.05) is 20.1 Å². The number of amides is 2. The molecule has 1 saturated heterocycles. The Morgan fingerprint density at radius 1 is 1.24 bits per heavy atom. The van der Waals surface area contributed by atoms with Gasteiger partial charge in [-0.3, -0.25) is 14.3 Å². The van der Waals surface area contributed by atoms with Crippen LogP contribution in [0.4, 0.5) is 0 Å². The zero-order valence-electron chi connectivity index (χ0n) is 14.1. The molecule has 1 aliphatic heterocycles. The van der Waals surface area contributed by atoms with Crippen molar-refractivity contribution in [3.8, 4) is 11.3 Å². The van der Waals surface area contributed by atoms with Gasteiger partial charge in [0.15, 0.2) is 0 Å². The number of likely N-dealkylation sites (tertiary alicyclic amines) is 1. The Morgan fingerprint density at radius 3 is 2.72 bits per heavy atom. The Hall–Kier alpha value is -2.67. The maximum absolute atomic E-state index is 12.6. The van der Waals surface area contributed by atoms with Crippen LogP contribution in [0, 0.1) is 5.92 Å². The van der Waals surface area contributed by atoms with Crippen molar-refractivity contribution in [2.45, 2.75) is 19.1 Å². The SMILES string of the molecule is CNC(=O)C[C@@H]1CN(C(=O)Cn2nccc2-c2ccccc2)C[C@H]1O. The van der Waals surface area contributed by atoms with E-state index in [1.165, 1.54) is 0 Å². The molecule has 1 aliphatic rings. The maximum atomic E-state index is 12.6. The molecule has 3 rings (SSSR count). The van der Waals surface area contributed by atoms with Gasteiger partial charge in [-0.1, -0.05) is 30.3 Å². The number of carbonyl (C=O) groups is 2. The number of carbonyl (C=O) groups excluding carboxylic acids is 2. The van der Waals surface area contributed by atoms with Gasteiger partial charge in [-0.25, -0.2) is 0 Å². The van der Waals surface area contributed by atoms with Gasteiger partial charge in [0, 0.05) is 38.7 Å². The zero-order chi connectivity index (χ0) is 17.8. The second kappa shape index (κ2) is 7.48. The molecule has 0 bridgehead atoms. The fourth-order valence-corrected chi connectivity index (χ4v) is 3.14. The third kappa shape index (κ3) is 3.88. The number of nitrogens with one attached hydrogen (secondary N) is 1. The molecule has 25 heavy (non-hydrogen) atoms. The standard InChI is InChI=1S/C18H22N4O3/c1-19-17(24)9-14-10-21(11-16(14)23)18(25)12-22-15(7-8-20-22)13-5-3-2-4-6-13/h2-8,14,16,23H,9-12H2,1H3,(H,19,24)/t14-,16-/m1/s1. The molecule has 7 nitrogen and oxygen atoms in total. The van der Waals surface area contributed by atoms with Gasteiger partial charge in [0.2, 0.25) is 11.8 Å². The minimum absolute atomic E-state index is 0.108. The van der Waals surface area contributed by atoms with Crippen LogP contribution in [0.5, 0.6) is 0 Å². The lowest BCUT2D eigenvalue weighted by Gasteiger charge is -2.17. The van der Waals surface area contributed by atoms with E-state index in [1.54, 1.807) is 22.8 Å². The molecule has 2 aromatic rings. The van der Waals surface area contributed by atoms with E-state index in [-0.39, 0.29) is 37.2 Å². The summed E-state index contributed by atoms with van der Waals surface area (Å²) in [4.78, 5) is 25.7. The third-order valence-corrected chi connectivity index (χ3v) is 4.56. The van der Waals surface area contributed by atoms with Crippen LogP contribution >= 0.6 is 0 Å². The number of aliphatic hydroxyl groups excluding tert-OH is 1. The molecule has 1 aromatic carbocycles. The Morgan fingerprint density at radius 2 is 2.00 bits per heavy atom. The summed E-state index contributed by atoms with van der Waals surface area (Å²) in [6.07, 6.45) is 1.22. The molecule has 0 spiro atoms. The van der Waals surface area contributed by atoms with Crippen molar-refractivity contribution in [3.63, 3.8) is 0 Å². The predicted octanol–water partition coefficient (Wildman–Crippen LogP) is 0.505. The molecule has 132 valence electrons. The number of hydrogen-bond donors (Lipinski definition) is 2. The number of aliphatic hydroxyl groups is 1. The van der Waals surface area contributed by atoms with Crippen molar-refractivity contribution in [3.05, 3.63) is 42.6 Å². The quantitative estimate of drug-likeness (QED) is 0.829. The molecule has 0 radical (unpaired) electrons. The van der Waals surface area contributed by atoms with Gasteiger partial charge in [-0.2, -0.15) is 5.10 Å². The van der Waals surface area contributed by atoms with Gasteiger partial charge < -0.3 is 15.3 Å². The molecule has 0 unspecified atom stereocenters. The van der Waals surface area contributed by atoms with Crippen LogP contribution in [-0.2, 0) is 16.1 Å². The minimum Gasteiger partial charge on any atom is -0.391 e. The highest BCUT2D eigenvalue weighted by Crippen LogP contribution is 2.22. The van der Waals surface area contributed by atoms with Crippen molar-refractivity contribution in [1.82, 2.24) is 20.0 Å². The van der Waals surface area contributed by atoms with Crippen LogP contribution in [0.3, 0.4) is 0 Å². The smallest absolute Gasteiger partial charge is 0.244 e. The highest BCUT2D eigenvalue weighted by atomic mass is 16.3. The molecular weight excluding hydrogens is 320 g/mol. The van der Waals surface area contributed by atoms with Gasteiger partial charge >= 0.3 is 0 Å². The summed E-state index contributed by atoms with van der Waals surface area (Å²) in [6, 6.07) is 11.6. The first-order chi connectivity index (χ1) is 12.1. The number of nitrogens with zero attached hydrogens (tertiary/aromatic N) is 3. The normalized spacial score (nSPS) is 19.8. The van der Waals surface area contributed by atoms with Crippen molar-refractivity contribution >= 4 is 11.8 Å². The van der Waals surface area contributed by atoms with Crippen molar-refractivity contribution in [1.29, 1.82) is 0 Å².